The largest absolute Gasteiger partial charge is 0.496 e. The number of nitrogens with zero attached hydrogens (tertiary/aromatic N) is 2. The molecule has 1 atom stereocenters. The van der Waals surface area contributed by atoms with Crippen molar-refractivity contribution >= 4 is 16.9 Å². The van der Waals surface area contributed by atoms with Gasteiger partial charge in [-0.25, -0.2) is 9.97 Å². The van der Waals surface area contributed by atoms with Crippen molar-refractivity contribution in [3.63, 3.8) is 0 Å². The van der Waals surface area contributed by atoms with E-state index in [2.05, 4.69) is 52.6 Å². The predicted molar refractivity (Wildman–Crippen MR) is 112 cm³/mol. The molecule has 0 saturated carbocycles. The van der Waals surface area contributed by atoms with E-state index in [1.54, 1.807) is 14.2 Å². The highest BCUT2D eigenvalue weighted by molar-refractivity contribution is 5.87. The molecule has 1 aromatic heterocycles. The molecule has 0 bridgehead atoms. The summed E-state index contributed by atoms with van der Waals surface area (Å²) >= 11 is 0. The van der Waals surface area contributed by atoms with E-state index in [9.17, 15) is 0 Å². The van der Waals surface area contributed by atoms with Gasteiger partial charge in [0.1, 0.15) is 11.5 Å². The SMILES string of the molecule is COc1cc(OC)c(C)c(-c2ccc3nc(NC4CCNC4)ncc3c2)c1C. The average Bonchev–Trinajstić information content (AvgIpc) is 3.21. The van der Waals surface area contributed by atoms with Gasteiger partial charge in [0.2, 0.25) is 5.95 Å². The molecule has 4 rings (SSSR count). The molecule has 146 valence electrons. The molecule has 0 aliphatic carbocycles. The molecule has 3 aromatic rings. The van der Waals surface area contributed by atoms with Crippen LogP contribution in [0, 0.1) is 13.8 Å². The Labute approximate surface area is 165 Å². The Morgan fingerprint density at radius 3 is 2.46 bits per heavy atom. The Kier molecular flexibility index (Phi) is 5.05. The molecular weight excluding hydrogens is 352 g/mol. The van der Waals surface area contributed by atoms with Crippen LogP contribution in [0.1, 0.15) is 17.5 Å². The molecule has 2 aromatic carbocycles. The van der Waals surface area contributed by atoms with Gasteiger partial charge in [-0.05, 0) is 61.2 Å². The van der Waals surface area contributed by atoms with Gasteiger partial charge in [0.15, 0.2) is 0 Å². The lowest BCUT2D eigenvalue weighted by Gasteiger charge is -2.18. The molecule has 6 nitrogen and oxygen atoms in total. The van der Waals surface area contributed by atoms with Crippen molar-refractivity contribution < 1.29 is 9.47 Å². The summed E-state index contributed by atoms with van der Waals surface area (Å²) in [5.41, 5.74) is 5.33. The Morgan fingerprint density at radius 2 is 1.82 bits per heavy atom. The molecule has 28 heavy (non-hydrogen) atoms. The zero-order valence-corrected chi connectivity index (χ0v) is 16.8. The van der Waals surface area contributed by atoms with E-state index in [1.165, 1.54) is 0 Å². The first-order valence-electron chi connectivity index (χ1n) is 9.57. The zero-order valence-electron chi connectivity index (χ0n) is 16.8. The minimum absolute atomic E-state index is 0.395. The summed E-state index contributed by atoms with van der Waals surface area (Å²) in [6.07, 6.45) is 2.98. The Morgan fingerprint density at radius 1 is 1.07 bits per heavy atom. The molecule has 1 aliphatic rings. The first-order valence-corrected chi connectivity index (χ1v) is 9.57. The van der Waals surface area contributed by atoms with Gasteiger partial charge < -0.3 is 20.1 Å². The highest BCUT2D eigenvalue weighted by atomic mass is 16.5. The quantitative estimate of drug-likeness (QED) is 0.706. The van der Waals surface area contributed by atoms with Gasteiger partial charge >= 0.3 is 0 Å². The molecule has 1 aliphatic heterocycles. The molecule has 1 saturated heterocycles. The summed E-state index contributed by atoms with van der Waals surface area (Å²) in [4.78, 5) is 9.20. The molecule has 1 fully saturated rings. The third-order valence-electron chi connectivity index (χ3n) is 5.45. The van der Waals surface area contributed by atoms with Crippen molar-refractivity contribution in [2.45, 2.75) is 26.3 Å². The molecule has 2 N–H and O–H groups in total. The fourth-order valence-electron chi connectivity index (χ4n) is 3.94. The fourth-order valence-corrected chi connectivity index (χ4v) is 3.94. The number of aromatic nitrogens is 2. The monoisotopic (exact) mass is 378 g/mol. The summed E-state index contributed by atoms with van der Waals surface area (Å²) in [6, 6.07) is 8.62. The van der Waals surface area contributed by atoms with Crippen molar-refractivity contribution in [1.82, 2.24) is 15.3 Å². The second-order valence-electron chi connectivity index (χ2n) is 7.21. The molecule has 0 spiro atoms. The van der Waals surface area contributed by atoms with Crippen molar-refractivity contribution in [3.8, 4) is 22.6 Å². The third-order valence-corrected chi connectivity index (χ3v) is 5.45. The fraction of sp³-hybridized carbons (Fsp3) is 0.364. The minimum atomic E-state index is 0.395. The Hall–Kier alpha value is -2.86. The smallest absolute Gasteiger partial charge is 0.223 e. The number of hydrogen-bond donors (Lipinski definition) is 2. The summed E-state index contributed by atoms with van der Waals surface area (Å²) in [5.74, 6) is 2.32. The maximum Gasteiger partial charge on any atom is 0.223 e. The standard InChI is InChI=1S/C22H26N4O2/c1-13-19(27-3)10-20(28-4)14(2)21(13)15-5-6-18-16(9-15)11-24-22(26-18)25-17-7-8-23-12-17/h5-6,9-11,17,23H,7-8,12H2,1-4H3,(H,24,25,26). The van der Waals surface area contributed by atoms with E-state index in [-0.39, 0.29) is 0 Å². The van der Waals surface area contributed by atoms with Crippen LogP contribution in [0.2, 0.25) is 0 Å². The van der Waals surface area contributed by atoms with E-state index < -0.39 is 0 Å². The van der Waals surface area contributed by atoms with Crippen LogP contribution in [0.3, 0.4) is 0 Å². The van der Waals surface area contributed by atoms with Gasteiger partial charge in [0.05, 0.1) is 19.7 Å². The lowest BCUT2D eigenvalue weighted by atomic mass is 9.93. The number of fused-ring (bicyclic) bond motifs is 1. The van der Waals surface area contributed by atoms with Crippen molar-refractivity contribution in [1.29, 1.82) is 0 Å². The van der Waals surface area contributed by atoms with E-state index >= 15 is 0 Å². The van der Waals surface area contributed by atoms with Crippen LogP contribution in [-0.2, 0) is 0 Å². The van der Waals surface area contributed by atoms with Crippen LogP contribution in [0.4, 0.5) is 5.95 Å². The first kappa shape index (κ1) is 18.5. The van der Waals surface area contributed by atoms with Gasteiger partial charge in [-0.2, -0.15) is 0 Å². The van der Waals surface area contributed by atoms with Gasteiger partial charge in [-0.15, -0.1) is 0 Å². The minimum Gasteiger partial charge on any atom is -0.496 e. The van der Waals surface area contributed by atoms with Crippen LogP contribution in [0.15, 0.2) is 30.5 Å². The summed E-state index contributed by atoms with van der Waals surface area (Å²) in [7, 11) is 3.37. The number of benzene rings is 2. The number of rotatable bonds is 5. The van der Waals surface area contributed by atoms with Crippen molar-refractivity contribution in [2.24, 2.45) is 0 Å². The van der Waals surface area contributed by atoms with Crippen molar-refractivity contribution in [3.05, 3.63) is 41.6 Å². The summed E-state index contributed by atoms with van der Waals surface area (Å²) in [5, 5.41) is 7.76. The number of methoxy groups -OCH3 is 2. The van der Waals surface area contributed by atoms with E-state index in [4.69, 9.17) is 9.47 Å². The van der Waals surface area contributed by atoms with Crippen LogP contribution in [-0.4, -0.2) is 43.3 Å². The lowest BCUT2D eigenvalue weighted by molar-refractivity contribution is 0.391. The van der Waals surface area contributed by atoms with Crippen molar-refractivity contribution in [2.75, 3.05) is 32.6 Å². The van der Waals surface area contributed by atoms with Gasteiger partial charge in [0, 0.05) is 30.2 Å². The van der Waals surface area contributed by atoms with Gasteiger partial charge in [-0.1, -0.05) is 6.07 Å². The second-order valence-corrected chi connectivity index (χ2v) is 7.21. The van der Waals surface area contributed by atoms with Crippen LogP contribution >= 0.6 is 0 Å². The normalized spacial score (nSPS) is 16.4. The average molecular weight is 378 g/mol. The topological polar surface area (TPSA) is 68.3 Å². The molecule has 1 unspecified atom stereocenters. The van der Waals surface area contributed by atoms with E-state index in [1.807, 2.05) is 12.3 Å². The highest BCUT2D eigenvalue weighted by Crippen LogP contribution is 2.39. The maximum absolute atomic E-state index is 5.55. The molecule has 0 radical (unpaired) electrons. The highest BCUT2D eigenvalue weighted by Gasteiger charge is 2.17. The molecule has 0 amide bonds. The van der Waals surface area contributed by atoms with E-state index in [0.717, 1.165) is 64.2 Å². The zero-order chi connectivity index (χ0) is 19.7. The molecule has 6 heteroatoms. The van der Waals surface area contributed by atoms with Gasteiger partial charge in [-0.3, -0.25) is 0 Å². The molecular formula is C22H26N4O2. The van der Waals surface area contributed by atoms with Crippen LogP contribution in [0.5, 0.6) is 11.5 Å². The number of nitrogens with one attached hydrogen (secondary N) is 2. The van der Waals surface area contributed by atoms with Crippen LogP contribution in [0.25, 0.3) is 22.0 Å². The Bertz CT molecular complexity index is 985. The predicted octanol–water partition coefficient (Wildman–Crippen LogP) is 3.70. The summed E-state index contributed by atoms with van der Waals surface area (Å²) in [6.45, 7) is 6.14. The Balaban J connectivity index is 1.74. The first-order chi connectivity index (χ1) is 13.6. The maximum atomic E-state index is 5.55. The third kappa shape index (κ3) is 3.36. The number of hydrogen-bond acceptors (Lipinski definition) is 6. The molecule has 2 heterocycles. The van der Waals surface area contributed by atoms with Crippen LogP contribution < -0.4 is 20.1 Å². The second kappa shape index (κ2) is 7.64. The number of ether oxygens (including phenoxy) is 2. The number of anilines is 1. The summed E-state index contributed by atoms with van der Waals surface area (Å²) < 4.78 is 11.1. The van der Waals surface area contributed by atoms with Gasteiger partial charge in [0.25, 0.3) is 0 Å². The van der Waals surface area contributed by atoms with E-state index in [0.29, 0.717) is 12.0 Å². The lowest BCUT2D eigenvalue weighted by Crippen LogP contribution is -2.23.